The van der Waals surface area contributed by atoms with Crippen molar-refractivity contribution in [3.05, 3.63) is 29.8 Å². The van der Waals surface area contributed by atoms with Gasteiger partial charge in [-0.3, -0.25) is 0 Å². The van der Waals surface area contributed by atoms with Gasteiger partial charge in [-0.1, -0.05) is 25.1 Å². The summed E-state index contributed by atoms with van der Waals surface area (Å²) in [6.07, 6.45) is 2.71. The quantitative estimate of drug-likeness (QED) is 0.797. The topological polar surface area (TPSA) is 24.5 Å². The largest absolute Gasteiger partial charge is 0.496 e. The third-order valence-electron chi connectivity index (χ3n) is 3.99. The summed E-state index contributed by atoms with van der Waals surface area (Å²) in [7, 11) is 1.73. The number of ether oxygens (including phenoxy) is 1. The van der Waals surface area contributed by atoms with Crippen LogP contribution in [-0.2, 0) is 6.54 Å². The second-order valence-electron chi connectivity index (χ2n) is 5.51. The van der Waals surface area contributed by atoms with Crippen LogP contribution in [0.15, 0.2) is 24.3 Å². The predicted octanol–water partition coefficient (Wildman–Crippen LogP) is 2.52. The Kier molecular flexibility index (Phi) is 5.67. The van der Waals surface area contributed by atoms with Crippen LogP contribution >= 0.6 is 0 Å². The van der Waals surface area contributed by atoms with E-state index >= 15 is 0 Å². The Balaban J connectivity index is 1.66. The Morgan fingerprint density at radius 2 is 2.00 bits per heavy atom. The third kappa shape index (κ3) is 4.51. The molecule has 0 aromatic heterocycles. The molecule has 3 nitrogen and oxygen atoms in total. The average molecular weight is 262 g/mol. The molecule has 0 aliphatic carbocycles. The van der Waals surface area contributed by atoms with E-state index in [-0.39, 0.29) is 0 Å². The Hall–Kier alpha value is -1.06. The first kappa shape index (κ1) is 14.4. The van der Waals surface area contributed by atoms with Crippen molar-refractivity contribution in [3.8, 4) is 5.75 Å². The lowest BCUT2D eigenvalue weighted by molar-refractivity contribution is 0.193. The van der Waals surface area contributed by atoms with Gasteiger partial charge in [0.25, 0.3) is 0 Å². The molecule has 106 valence electrons. The van der Waals surface area contributed by atoms with Gasteiger partial charge >= 0.3 is 0 Å². The van der Waals surface area contributed by atoms with Crippen molar-refractivity contribution < 1.29 is 4.74 Å². The summed E-state index contributed by atoms with van der Waals surface area (Å²) < 4.78 is 5.35. The molecule has 1 aromatic rings. The fourth-order valence-electron chi connectivity index (χ4n) is 2.59. The first-order valence-electron chi connectivity index (χ1n) is 7.34. The van der Waals surface area contributed by atoms with E-state index < -0.39 is 0 Å². The summed E-state index contributed by atoms with van der Waals surface area (Å²) >= 11 is 0. The molecule has 0 spiro atoms. The zero-order chi connectivity index (χ0) is 13.5. The van der Waals surface area contributed by atoms with Gasteiger partial charge < -0.3 is 15.0 Å². The van der Waals surface area contributed by atoms with Gasteiger partial charge in [-0.05, 0) is 37.9 Å². The summed E-state index contributed by atoms with van der Waals surface area (Å²) in [4.78, 5) is 2.56. The number of likely N-dealkylation sites (tertiary alicyclic amines) is 1. The van der Waals surface area contributed by atoms with E-state index in [1.807, 2.05) is 12.1 Å². The zero-order valence-electron chi connectivity index (χ0n) is 12.2. The maximum Gasteiger partial charge on any atom is 0.123 e. The molecule has 0 bridgehead atoms. The van der Waals surface area contributed by atoms with Gasteiger partial charge in [-0.25, -0.2) is 0 Å². The smallest absolute Gasteiger partial charge is 0.123 e. The number of piperidine rings is 1. The molecule has 3 heteroatoms. The molecule has 0 unspecified atom stereocenters. The molecule has 1 aliphatic heterocycles. The van der Waals surface area contributed by atoms with Crippen LogP contribution in [-0.4, -0.2) is 38.2 Å². The van der Waals surface area contributed by atoms with Crippen LogP contribution in [0.1, 0.15) is 25.3 Å². The molecule has 1 aromatic carbocycles. The van der Waals surface area contributed by atoms with Gasteiger partial charge in [0.2, 0.25) is 0 Å². The van der Waals surface area contributed by atoms with Gasteiger partial charge in [0.15, 0.2) is 0 Å². The van der Waals surface area contributed by atoms with Crippen LogP contribution in [0.25, 0.3) is 0 Å². The van der Waals surface area contributed by atoms with Gasteiger partial charge in [-0.2, -0.15) is 0 Å². The van der Waals surface area contributed by atoms with E-state index in [1.165, 1.54) is 31.5 Å². The number of rotatable bonds is 6. The second-order valence-corrected chi connectivity index (χ2v) is 5.51. The number of nitrogens with zero attached hydrogens (tertiary/aromatic N) is 1. The number of hydrogen-bond donors (Lipinski definition) is 1. The Morgan fingerprint density at radius 3 is 2.74 bits per heavy atom. The molecule has 1 aliphatic rings. The predicted molar refractivity (Wildman–Crippen MR) is 79.5 cm³/mol. The molecule has 0 atom stereocenters. The maximum absolute atomic E-state index is 5.35. The van der Waals surface area contributed by atoms with Crippen molar-refractivity contribution in [2.75, 3.05) is 33.3 Å². The molecular formula is C16H26N2O. The van der Waals surface area contributed by atoms with Gasteiger partial charge in [0, 0.05) is 25.2 Å². The van der Waals surface area contributed by atoms with E-state index in [1.54, 1.807) is 7.11 Å². The summed E-state index contributed by atoms with van der Waals surface area (Å²) in [5.74, 6) is 1.89. The van der Waals surface area contributed by atoms with Crippen LogP contribution in [0.2, 0.25) is 0 Å². The second kappa shape index (κ2) is 7.51. The highest BCUT2D eigenvalue weighted by Gasteiger charge is 2.14. The average Bonchev–Trinajstić information content (AvgIpc) is 2.46. The van der Waals surface area contributed by atoms with Crippen molar-refractivity contribution in [2.24, 2.45) is 5.92 Å². The Labute approximate surface area is 116 Å². The number of methoxy groups -OCH3 is 1. The molecule has 1 saturated heterocycles. The monoisotopic (exact) mass is 262 g/mol. The van der Waals surface area contributed by atoms with Crippen molar-refractivity contribution in [1.82, 2.24) is 10.2 Å². The van der Waals surface area contributed by atoms with Crippen LogP contribution in [0, 0.1) is 5.92 Å². The van der Waals surface area contributed by atoms with Gasteiger partial charge in [0.05, 0.1) is 7.11 Å². The highest BCUT2D eigenvalue weighted by atomic mass is 16.5. The summed E-state index contributed by atoms with van der Waals surface area (Å²) in [6, 6.07) is 8.21. The van der Waals surface area contributed by atoms with Crippen molar-refractivity contribution >= 4 is 0 Å². The third-order valence-corrected chi connectivity index (χ3v) is 3.99. The van der Waals surface area contributed by atoms with E-state index in [0.717, 1.165) is 31.3 Å². The highest BCUT2D eigenvalue weighted by Crippen LogP contribution is 2.17. The van der Waals surface area contributed by atoms with Crippen molar-refractivity contribution in [2.45, 2.75) is 26.3 Å². The molecule has 19 heavy (non-hydrogen) atoms. The maximum atomic E-state index is 5.35. The molecule has 1 N–H and O–H groups in total. The number of hydrogen-bond acceptors (Lipinski definition) is 3. The molecule has 0 saturated carbocycles. The molecule has 1 heterocycles. The fourth-order valence-corrected chi connectivity index (χ4v) is 2.59. The lowest BCUT2D eigenvalue weighted by Crippen LogP contribution is -2.37. The van der Waals surface area contributed by atoms with Crippen molar-refractivity contribution in [3.63, 3.8) is 0 Å². The van der Waals surface area contributed by atoms with Gasteiger partial charge in [0.1, 0.15) is 5.75 Å². The van der Waals surface area contributed by atoms with E-state index in [9.17, 15) is 0 Å². The fraction of sp³-hybridized carbons (Fsp3) is 0.625. The summed E-state index contributed by atoms with van der Waals surface area (Å²) in [5, 5.41) is 3.51. The van der Waals surface area contributed by atoms with E-state index in [4.69, 9.17) is 4.74 Å². The minimum absolute atomic E-state index is 0.883. The molecule has 0 amide bonds. The Bertz CT molecular complexity index is 373. The lowest BCUT2D eigenvalue weighted by Gasteiger charge is -2.30. The standard InChI is InChI=1S/C16H26N2O/c1-14-7-10-18(11-8-14)12-9-17-13-15-5-3-4-6-16(15)19-2/h3-6,14,17H,7-13H2,1-2H3. The SMILES string of the molecule is COc1ccccc1CNCCN1CCC(C)CC1. The van der Waals surface area contributed by atoms with Crippen LogP contribution in [0.4, 0.5) is 0 Å². The normalized spacial score (nSPS) is 17.6. The van der Waals surface area contributed by atoms with Crippen LogP contribution in [0.5, 0.6) is 5.75 Å². The minimum atomic E-state index is 0.883. The zero-order valence-corrected chi connectivity index (χ0v) is 12.2. The summed E-state index contributed by atoms with van der Waals surface area (Å²) in [5.41, 5.74) is 1.23. The van der Waals surface area contributed by atoms with Gasteiger partial charge in [-0.15, -0.1) is 0 Å². The number of para-hydroxylation sites is 1. The van der Waals surface area contributed by atoms with Crippen molar-refractivity contribution in [1.29, 1.82) is 0 Å². The number of nitrogens with one attached hydrogen (secondary N) is 1. The first-order chi connectivity index (χ1) is 9.29. The molecule has 0 radical (unpaired) electrons. The molecule has 1 fully saturated rings. The first-order valence-corrected chi connectivity index (χ1v) is 7.34. The van der Waals surface area contributed by atoms with Crippen LogP contribution < -0.4 is 10.1 Å². The minimum Gasteiger partial charge on any atom is -0.496 e. The van der Waals surface area contributed by atoms with E-state index in [2.05, 4.69) is 29.3 Å². The number of benzene rings is 1. The lowest BCUT2D eigenvalue weighted by atomic mass is 9.99. The molecule has 2 rings (SSSR count). The van der Waals surface area contributed by atoms with E-state index in [0.29, 0.717) is 0 Å². The van der Waals surface area contributed by atoms with Crippen LogP contribution in [0.3, 0.4) is 0 Å². The highest BCUT2D eigenvalue weighted by molar-refractivity contribution is 5.32. The summed E-state index contributed by atoms with van der Waals surface area (Å²) in [6.45, 7) is 7.97. The molecular weight excluding hydrogens is 236 g/mol. The Morgan fingerprint density at radius 1 is 1.26 bits per heavy atom.